The first-order chi connectivity index (χ1) is 13.7. The van der Waals surface area contributed by atoms with Crippen molar-refractivity contribution in [1.82, 2.24) is 19.9 Å². The van der Waals surface area contributed by atoms with Crippen LogP contribution in [0.1, 0.15) is 6.42 Å². The molecule has 3 heterocycles. The summed E-state index contributed by atoms with van der Waals surface area (Å²) in [5.74, 6) is 0.0992. The van der Waals surface area contributed by atoms with Crippen molar-refractivity contribution >= 4 is 16.7 Å². The van der Waals surface area contributed by atoms with Crippen LogP contribution in [0.5, 0.6) is 0 Å². The fraction of sp³-hybridized carbons (Fsp3) is 0.143. The summed E-state index contributed by atoms with van der Waals surface area (Å²) in [5, 5.41) is 0.888. The first-order valence-corrected chi connectivity index (χ1v) is 8.97. The molecule has 0 N–H and O–H groups in total. The molecule has 2 aromatic heterocycles. The SMILES string of the molecule is Fc1ccc(-c2ccc3c(N4CCC4)nc(-c4cnccn4)nc3c2)c(F)c1. The highest BCUT2D eigenvalue weighted by molar-refractivity contribution is 5.94. The van der Waals surface area contributed by atoms with Crippen LogP contribution in [0, 0.1) is 11.6 Å². The first kappa shape index (κ1) is 16.7. The third-order valence-corrected chi connectivity index (χ3v) is 4.87. The van der Waals surface area contributed by atoms with E-state index in [0.717, 1.165) is 36.8 Å². The lowest BCUT2D eigenvalue weighted by Gasteiger charge is -2.33. The molecule has 1 fully saturated rings. The maximum absolute atomic E-state index is 14.3. The van der Waals surface area contributed by atoms with E-state index in [1.165, 1.54) is 12.1 Å². The van der Waals surface area contributed by atoms with Crippen LogP contribution in [0.4, 0.5) is 14.6 Å². The van der Waals surface area contributed by atoms with Gasteiger partial charge in [-0.25, -0.2) is 23.7 Å². The van der Waals surface area contributed by atoms with E-state index in [-0.39, 0.29) is 0 Å². The van der Waals surface area contributed by atoms with Gasteiger partial charge in [0.1, 0.15) is 23.1 Å². The molecule has 5 nitrogen and oxygen atoms in total. The third kappa shape index (κ3) is 2.85. The second kappa shape index (κ2) is 6.60. The summed E-state index contributed by atoms with van der Waals surface area (Å²) in [7, 11) is 0. The van der Waals surface area contributed by atoms with Gasteiger partial charge in [-0.1, -0.05) is 6.07 Å². The molecule has 7 heteroatoms. The molecule has 0 atom stereocenters. The Labute approximate surface area is 159 Å². The first-order valence-electron chi connectivity index (χ1n) is 8.97. The quantitative estimate of drug-likeness (QED) is 0.536. The highest BCUT2D eigenvalue weighted by atomic mass is 19.1. The Morgan fingerprint density at radius 1 is 0.929 bits per heavy atom. The second-order valence-electron chi connectivity index (χ2n) is 6.66. The molecule has 0 saturated carbocycles. The maximum Gasteiger partial charge on any atom is 0.182 e. The van der Waals surface area contributed by atoms with Gasteiger partial charge in [-0.2, -0.15) is 0 Å². The zero-order chi connectivity index (χ0) is 19.1. The zero-order valence-corrected chi connectivity index (χ0v) is 14.8. The minimum Gasteiger partial charge on any atom is -0.356 e. The molecular weight excluding hydrogens is 360 g/mol. The number of hydrogen-bond acceptors (Lipinski definition) is 5. The van der Waals surface area contributed by atoms with Crippen LogP contribution in [-0.2, 0) is 0 Å². The van der Waals surface area contributed by atoms with Crippen molar-refractivity contribution in [3.05, 3.63) is 66.6 Å². The number of nitrogens with zero attached hydrogens (tertiary/aromatic N) is 5. The van der Waals surface area contributed by atoms with Crippen LogP contribution in [0.15, 0.2) is 55.0 Å². The van der Waals surface area contributed by atoms with Gasteiger partial charge in [0.05, 0.1) is 11.7 Å². The third-order valence-electron chi connectivity index (χ3n) is 4.87. The van der Waals surface area contributed by atoms with Crippen molar-refractivity contribution in [3.8, 4) is 22.6 Å². The normalized spacial score (nSPS) is 13.6. The highest BCUT2D eigenvalue weighted by Gasteiger charge is 2.21. The summed E-state index contributed by atoms with van der Waals surface area (Å²) in [6, 6.07) is 9.08. The number of rotatable bonds is 3. The Balaban J connectivity index is 1.71. The molecule has 0 radical (unpaired) electrons. The Bertz CT molecular complexity index is 1180. The number of benzene rings is 2. The number of aromatic nitrogens is 4. The lowest BCUT2D eigenvalue weighted by molar-refractivity contribution is 0.585. The second-order valence-corrected chi connectivity index (χ2v) is 6.66. The van der Waals surface area contributed by atoms with Crippen molar-refractivity contribution in [2.75, 3.05) is 18.0 Å². The molecule has 1 aliphatic heterocycles. The molecule has 0 spiro atoms. The van der Waals surface area contributed by atoms with Crippen molar-refractivity contribution in [2.45, 2.75) is 6.42 Å². The Kier molecular flexibility index (Phi) is 3.93. The summed E-state index contributed by atoms with van der Waals surface area (Å²) < 4.78 is 27.5. The van der Waals surface area contributed by atoms with Crippen molar-refractivity contribution in [1.29, 1.82) is 0 Å². The van der Waals surface area contributed by atoms with Gasteiger partial charge in [0.25, 0.3) is 0 Å². The van der Waals surface area contributed by atoms with Gasteiger partial charge >= 0.3 is 0 Å². The minimum absolute atomic E-state index is 0.327. The monoisotopic (exact) mass is 375 g/mol. The van der Waals surface area contributed by atoms with Crippen LogP contribution in [0.3, 0.4) is 0 Å². The van der Waals surface area contributed by atoms with Crippen LogP contribution >= 0.6 is 0 Å². The summed E-state index contributed by atoms with van der Waals surface area (Å²) in [6.45, 7) is 1.86. The summed E-state index contributed by atoms with van der Waals surface area (Å²) in [6.07, 6.45) is 5.92. The molecule has 0 amide bonds. The van der Waals surface area contributed by atoms with Crippen molar-refractivity contribution in [3.63, 3.8) is 0 Å². The smallest absolute Gasteiger partial charge is 0.182 e. The average molecular weight is 375 g/mol. The molecule has 5 rings (SSSR count). The summed E-state index contributed by atoms with van der Waals surface area (Å²) >= 11 is 0. The van der Waals surface area contributed by atoms with E-state index in [1.807, 2.05) is 12.1 Å². The van der Waals surface area contributed by atoms with Gasteiger partial charge in [0.15, 0.2) is 5.82 Å². The highest BCUT2D eigenvalue weighted by Crippen LogP contribution is 2.33. The lowest BCUT2D eigenvalue weighted by Crippen LogP contribution is -2.37. The van der Waals surface area contributed by atoms with Gasteiger partial charge < -0.3 is 4.90 Å². The molecule has 2 aromatic carbocycles. The van der Waals surface area contributed by atoms with Gasteiger partial charge in [0.2, 0.25) is 0 Å². The topological polar surface area (TPSA) is 54.8 Å². The van der Waals surface area contributed by atoms with Gasteiger partial charge in [-0.3, -0.25) is 4.98 Å². The van der Waals surface area contributed by atoms with E-state index in [1.54, 1.807) is 24.7 Å². The van der Waals surface area contributed by atoms with Crippen molar-refractivity contribution in [2.24, 2.45) is 0 Å². The van der Waals surface area contributed by atoms with E-state index < -0.39 is 11.6 Å². The molecule has 0 aliphatic carbocycles. The predicted octanol–water partition coefficient (Wildman–Crippen LogP) is 4.24. The molecule has 0 bridgehead atoms. The van der Waals surface area contributed by atoms with Crippen LogP contribution in [-0.4, -0.2) is 33.0 Å². The van der Waals surface area contributed by atoms with Crippen molar-refractivity contribution < 1.29 is 8.78 Å². The minimum atomic E-state index is -0.606. The number of halogens is 2. The van der Waals surface area contributed by atoms with E-state index in [9.17, 15) is 8.78 Å². The summed E-state index contributed by atoms with van der Waals surface area (Å²) in [4.78, 5) is 19.9. The lowest BCUT2D eigenvalue weighted by atomic mass is 10.0. The van der Waals surface area contributed by atoms with Gasteiger partial charge in [-0.05, 0) is 36.2 Å². The van der Waals surface area contributed by atoms with Gasteiger partial charge in [-0.15, -0.1) is 0 Å². The van der Waals surface area contributed by atoms with Crippen LogP contribution in [0.25, 0.3) is 33.5 Å². The van der Waals surface area contributed by atoms with Crippen LogP contribution in [0.2, 0.25) is 0 Å². The van der Waals surface area contributed by atoms with Gasteiger partial charge in [0, 0.05) is 42.5 Å². The maximum atomic E-state index is 14.3. The Morgan fingerprint density at radius 3 is 2.54 bits per heavy atom. The van der Waals surface area contributed by atoms with E-state index in [2.05, 4.69) is 19.9 Å². The molecule has 0 unspecified atom stereocenters. The Morgan fingerprint density at radius 2 is 1.82 bits per heavy atom. The number of hydrogen-bond donors (Lipinski definition) is 0. The molecule has 1 aliphatic rings. The summed E-state index contributed by atoms with van der Waals surface area (Å²) in [5.41, 5.74) is 2.21. The molecule has 28 heavy (non-hydrogen) atoms. The van der Waals surface area contributed by atoms with E-state index in [0.29, 0.717) is 28.2 Å². The number of anilines is 1. The fourth-order valence-electron chi connectivity index (χ4n) is 3.30. The molecule has 138 valence electrons. The largest absolute Gasteiger partial charge is 0.356 e. The standard InChI is InChI=1S/C21H15F2N5/c22-14-3-5-15(17(23)11-14)13-2-4-16-18(10-13)26-20(19-12-24-6-7-25-19)27-21(16)28-8-1-9-28/h2-7,10-12H,1,8-9H2. The average Bonchev–Trinajstić information content (AvgIpc) is 2.67. The van der Waals surface area contributed by atoms with Crippen LogP contribution < -0.4 is 4.90 Å². The van der Waals surface area contributed by atoms with E-state index >= 15 is 0 Å². The fourth-order valence-corrected chi connectivity index (χ4v) is 3.30. The molecule has 1 saturated heterocycles. The Hall–Kier alpha value is -3.48. The number of fused-ring (bicyclic) bond motifs is 1. The van der Waals surface area contributed by atoms with E-state index in [4.69, 9.17) is 4.98 Å². The molecular formula is C21H15F2N5. The zero-order valence-electron chi connectivity index (χ0n) is 14.8. The molecule has 4 aromatic rings. The predicted molar refractivity (Wildman–Crippen MR) is 103 cm³/mol.